The van der Waals surface area contributed by atoms with Crippen LogP contribution in [0.2, 0.25) is 0 Å². The molecule has 0 aliphatic rings. The summed E-state index contributed by atoms with van der Waals surface area (Å²) < 4.78 is 24.1. The first-order chi connectivity index (χ1) is 5.54. The van der Waals surface area contributed by atoms with E-state index in [0.717, 1.165) is 6.20 Å². The number of hydrogen-bond donors (Lipinski definition) is 2. The molecule has 0 saturated carbocycles. The number of H-pyrrole nitrogens is 1. The summed E-state index contributed by atoms with van der Waals surface area (Å²) in [6.07, 6.45) is -1.98. The van der Waals surface area contributed by atoms with Crippen LogP contribution in [0.25, 0.3) is 0 Å². The first-order valence-corrected chi connectivity index (χ1v) is 4.00. The first kappa shape index (κ1) is 9.43. The maximum Gasteiger partial charge on any atom is 0.268 e. The molecule has 0 spiro atoms. The Balaban J connectivity index is 3.43. The zero-order chi connectivity index (χ0) is 9.30. The molecule has 0 unspecified atom stereocenters. The third-order valence-corrected chi connectivity index (χ3v) is 2.34. The summed E-state index contributed by atoms with van der Waals surface area (Å²) in [6, 6.07) is 0. The maximum atomic E-state index is 12.2. The van der Waals surface area contributed by atoms with Gasteiger partial charge in [0, 0.05) is 6.20 Å². The van der Waals surface area contributed by atoms with Crippen molar-refractivity contribution in [2.24, 2.45) is 0 Å². The van der Waals surface area contributed by atoms with Crippen molar-refractivity contribution in [2.75, 3.05) is 0 Å². The van der Waals surface area contributed by atoms with E-state index in [0.29, 0.717) is 0 Å². The molecule has 0 bridgehead atoms. The molecule has 1 rings (SSSR count). The van der Waals surface area contributed by atoms with Gasteiger partial charge in [-0.2, -0.15) is 0 Å². The zero-order valence-electron chi connectivity index (χ0n) is 5.64. The van der Waals surface area contributed by atoms with Gasteiger partial charge in [-0.1, -0.05) is 0 Å². The minimum Gasteiger partial charge on any atom is -0.506 e. The topological polar surface area (TPSA) is 53.1 Å². The lowest BCUT2D eigenvalue weighted by Crippen LogP contribution is -2.12. The fourth-order valence-corrected chi connectivity index (χ4v) is 1.38. The monoisotopic (exact) mass is 287 g/mol. The molecule has 0 fully saturated rings. The van der Waals surface area contributed by atoms with E-state index in [1.807, 2.05) is 0 Å². The summed E-state index contributed by atoms with van der Waals surface area (Å²) in [4.78, 5) is 12.9. The number of aromatic amines is 1. The Morgan fingerprint density at radius 1 is 1.58 bits per heavy atom. The lowest BCUT2D eigenvalue weighted by atomic mass is 10.2. The molecule has 1 heterocycles. The Morgan fingerprint density at radius 2 is 2.17 bits per heavy atom. The number of alkyl halides is 2. The number of pyridine rings is 1. The average Bonchev–Trinajstić information content (AvgIpc) is 1.97. The third-order valence-electron chi connectivity index (χ3n) is 1.27. The van der Waals surface area contributed by atoms with Crippen LogP contribution in [0.15, 0.2) is 11.0 Å². The second kappa shape index (κ2) is 3.38. The van der Waals surface area contributed by atoms with E-state index in [-0.39, 0.29) is 3.57 Å². The molecule has 0 radical (unpaired) electrons. The van der Waals surface area contributed by atoms with Crippen molar-refractivity contribution in [3.8, 4) is 5.75 Å². The molecule has 0 amide bonds. The fraction of sp³-hybridized carbons (Fsp3) is 0.167. The fourth-order valence-electron chi connectivity index (χ4n) is 0.717. The molecule has 66 valence electrons. The second-order valence-corrected chi connectivity index (χ2v) is 3.11. The summed E-state index contributed by atoms with van der Waals surface area (Å²) in [5, 5.41) is 8.93. The van der Waals surface area contributed by atoms with Crippen molar-refractivity contribution in [1.82, 2.24) is 4.98 Å². The molecular formula is C6H4F2INO2. The van der Waals surface area contributed by atoms with Gasteiger partial charge in [-0.05, 0) is 22.6 Å². The van der Waals surface area contributed by atoms with E-state index in [2.05, 4.69) is 4.98 Å². The van der Waals surface area contributed by atoms with Gasteiger partial charge in [-0.25, -0.2) is 8.78 Å². The highest BCUT2D eigenvalue weighted by Crippen LogP contribution is 2.29. The minimum absolute atomic E-state index is 0.178. The molecular weight excluding hydrogens is 283 g/mol. The summed E-state index contributed by atoms with van der Waals surface area (Å²) in [5.41, 5.74) is -1.23. The number of rotatable bonds is 1. The number of aromatic nitrogens is 1. The van der Waals surface area contributed by atoms with Crippen molar-refractivity contribution < 1.29 is 13.9 Å². The molecule has 1 aromatic heterocycles. The smallest absolute Gasteiger partial charge is 0.268 e. The molecule has 6 heteroatoms. The van der Waals surface area contributed by atoms with Crippen LogP contribution in [-0.4, -0.2) is 10.1 Å². The van der Waals surface area contributed by atoms with Gasteiger partial charge in [0.2, 0.25) is 0 Å². The Kier molecular flexibility index (Phi) is 2.65. The van der Waals surface area contributed by atoms with Crippen LogP contribution in [-0.2, 0) is 0 Å². The quantitative estimate of drug-likeness (QED) is 0.771. The van der Waals surface area contributed by atoms with Crippen LogP contribution in [0, 0.1) is 3.57 Å². The Morgan fingerprint density at radius 3 is 2.58 bits per heavy atom. The molecule has 12 heavy (non-hydrogen) atoms. The second-order valence-electron chi connectivity index (χ2n) is 2.03. The SMILES string of the molecule is O=c1[nH]cc(O)c(C(F)F)c1I. The minimum atomic E-state index is -2.83. The van der Waals surface area contributed by atoms with Crippen LogP contribution in [0.4, 0.5) is 8.78 Å². The summed E-state index contributed by atoms with van der Waals surface area (Å²) in [5.74, 6) is -0.589. The maximum absolute atomic E-state index is 12.2. The normalized spacial score (nSPS) is 10.7. The molecule has 0 saturated heterocycles. The zero-order valence-corrected chi connectivity index (χ0v) is 7.80. The highest BCUT2D eigenvalue weighted by atomic mass is 127. The van der Waals surface area contributed by atoms with E-state index in [1.54, 1.807) is 0 Å². The summed E-state index contributed by atoms with van der Waals surface area (Å²) in [6.45, 7) is 0. The van der Waals surface area contributed by atoms with E-state index in [9.17, 15) is 13.6 Å². The van der Waals surface area contributed by atoms with E-state index in [1.165, 1.54) is 22.6 Å². The Bertz CT molecular complexity index is 350. The van der Waals surface area contributed by atoms with Crippen molar-refractivity contribution >= 4 is 22.6 Å². The van der Waals surface area contributed by atoms with E-state index in [4.69, 9.17) is 5.11 Å². The van der Waals surface area contributed by atoms with Gasteiger partial charge < -0.3 is 10.1 Å². The van der Waals surface area contributed by atoms with Gasteiger partial charge in [0.1, 0.15) is 5.75 Å². The van der Waals surface area contributed by atoms with Gasteiger partial charge in [0.05, 0.1) is 9.13 Å². The number of hydrogen-bond acceptors (Lipinski definition) is 2. The van der Waals surface area contributed by atoms with Crippen molar-refractivity contribution in [3.63, 3.8) is 0 Å². The molecule has 0 aromatic carbocycles. The predicted molar refractivity (Wildman–Crippen MR) is 46.4 cm³/mol. The third kappa shape index (κ3) is 1.57. The lowest BCUT2D eigenvalue weighted by molar-refractivity contribution is 0.146. The van der Waals surface area contributed by atoms with Crippen LogP contribution in [0.1, 0.15) is 12.0 Å². The van der Waals surface area contributed by atoms with Crippen LogP contribution in [0.3, 0.4) is 0 Å². The highest BCUT2D eigenvalue weighted by molar-refractivity contribution is 14.1. The van der Waals surface area contributed by atoms with Gasteiger partial charge in [-0.15, -0.1) is 0 Å². The number of aromatic hydroxyl groups is 1. The highest BCUT2D eigenvalue weighted by Gasteiger charge is 2.18. The predicted octanol–water partition coefficient (Wildman–Crippen LogP) is 1.62. The van der Waals surface area contributed by atoms with Crippen molar-refractivity contribution in [2.45, 2.75) is 6.43 Å². The molecule has 0 aliphatic carbocycles. The molecule has 1 aromatic rings. The first-order valence-electron chi connectivity index (χ1n) is 2.92. The standard InChI is InChI=1S/C6H4F2INO2/c7-5(8)3-2(11)1-10-6(12)4(3)9/h1,5,11H,(H,10,12). The summed E-state index contributed by atoms with van der Waals surface area (Å²) >= 11 is 1.46. The van der Waals surface area contributed by atoms with Crippen LogP contribution >= 0.6 is 22.6 Å². The van der Waals surface area contributed by atoms with E-state index >= 15 is 0 Å². The van der Waals surface area contributed by atoms with Gasteiger partial charge >= 0.3 is 0 Å². The van der Waals surface area contributed by atoms with Crippen molar-refractivity contribution in [3.05, 3.63) is 25.7 Å². The average molecular weight is 287 g/mol. The Labute approximate surface area is 79.6 Å². The molecule has 0 atom stereocenters. The number of nitrogens with one attached hydrogen (secondary N) is 1. The van der Waals surface area contributed by atoms with E-state index < -0.39 is 23.3 Å². The molecule has 0 aliphatic heterocycles. The van der Waals surface area contributed by atoms with Gasteiger partial charge in [0.15, 0.2) is 0 Å². The van der Waals surface area contributed by atoms with Gasteiger partial charge in [-0.3, -0.25) is 4.79 Å². The van der Waals surface area contributed by atoms with Crippen molar-refractivity contribution in [1.29, 1.82) is 0 Å². The number of halogens is 3. The molecule has 2 N–H and O–H groups in total. The van der Waals surface area contributed by atoms with Gasteiger partial charge in [0.25, 0.3) is 12.0 Å². The molecule has 3 nitrogen and oxygen atoms in total. The summed E-state index contributed by atoms with van der Waals surface area (Å²) in [7, 11) is 0. The Hall–Kier alpha value is -0.660. The largest absolute Gasteiger partial charge is 0.506 e. The van der Waals surface area contributed by atoms with Crippen LogP contribution in [0.5, 0.6) is 5.75 Å². The lowest BCUT2D eigenvalue weighted by Gasteiger charge is -2.03. The van der Waals surface area contributed by atoms with Crippen LogP contribution < -0.4 is 5.56 Å².